The molecule has 106 valence electrons. The van der Waals surface area contributed by atoms with E-state index >= 15 is 0 Å². The van der Waals surface area contributed by atoms with Gasteiger partial charge in [-0.1, -0.05) is 31.2 Å². The van der Waals surface area contributed by atoms with Crippen LogP contribution in [0.25, 0.3) is 0 Å². The van der Waals surface area contributed by atoms with Crippen LogP contribution < -0.4 is 10.6 Å². The molecule has 0 aromatic heterocycles. The fourth-order valence-electron chi connectivity index (χ4n) is 2.30. The molecule has 1 aromatic rings. The van der Waals surface area contributed by atoms with Gasteiger partial charge in [0.25, 0.3) is 0 Å². The standard InChI is InChI=1S/C14H20N2O2.ClH/c1-2-10-5-3-4-6-11(10)8-16-14(18)13-7-12(17)9-15-13;/h3-6,12-13,15,17H,2,7-9H2,1H3,(H,16,18);1H. The van der Waals surface area contributed by atoms with Crippen molar-refractivity contribution in [2.24, 2.45) is 0 Å². The number of carbonyl (C=O) groups is 1. The Hall–Kier alpha value is -1.10. The number of benzene rings is 1. The first-order chi connectivity index (χ1) is 8.70. The van der Waals surface area contributed by atoms with Gasteiger partial charge in [0.2, 0.25) is 5.91 Å². The lowest BCUT2D eigenvalue weighted by molar-refractivity contribution is -0.123. The maximum Gasteiger partial charge on any atom is 0.237 e. The summed E-state index contributed by atoms with van der Waals surface area (Å²) in [6, 6.07) is 7.86. The van der Waals surface area contributed by atoms with E-state index in [-0.39, 0.29) is 24.4 Å². The number of amides is 1. The van der Waals surface area contributed by atoms with E-state index in [9.17, 15) is 9.90 Å². The lowest BCUT2D eigenvalue weighted by Crippen LogP contribution is -2.40. The second kappa shape index (κ2) is 7.48. The van der Waals surface area contributed by atoms with Gasteiger partial charge in [0.15, 0.2) is 0 Å². The highest BCUT2D eigenvalue weighted by Crippen LogP contribution is 2.10. The normalized spacial score (nSPS) is 21.8. The number of halogens is 1. The Kier molecular flexibility index (Phi) is 6.28. The van der Waals surface area contributed by atoms with E-state index in [4.69, 9.17) is 0 Å². The molecule has 1 saturated heterocycles. The molecule has 2 rings (SSSR count). The largest absolute Gasteiger partial charge is 0.392 e. The lowest BCUT2D eigenvalue weighted by Gasteiger charge is -2.13. The highest BCUT2D eigenvalue weighted by Gasteiger charge is 2.27. The van der Waals surface area contributed by atoms with Gasteiger partial charge in [0.05, 0.1) is 12.1 Å². The molecule has 1 fully saturated rings. The van der Waals surface area contributed by atoms with Crippen molar-refractivity contribution in [3.05, 3.63) is 35.4 Å². The smallest absolute Gasteiger partial charge is 0.237 e. The summed E-state index contributed by atoms with van der Waals surface area (Å²) in [5.41, 5.74) is 2.42. The van der Waals surface area contributed by atoms with Gasteiger partial charge in [-0.15, -0.1) is 12.4 Å². The van der Waals surface area contributed by atoms with Crippen LogP contribution in [0.3, 0.4) is 0 Å². The number of aliphatic hydroxyl groups excluding tert-OH is 1. The third kappa shape index (κ3) is 4.20. The van der Waals surface area contributed by atoms with Gasteiger partial charge < -0.3 is 15.7 Å². The predicted molar refractivity (Wildman–Crippen MR) is 77.3 cm³/mol. The Balaban J connectivity index is 0.00000180. The molecule has 0 saturated carbocycles. The SMILES string of the molecule is CCc1ccccc1CNC(=O)C1CC(O)CN1.Cl. The van der Waals surface area contributed by atoms with Gasteiger partial charge in [-0.3, -0.25) is 4.79 Å². The summed E-state index contributed by atoms with van der Waals surface area (Å²) >= 11 is 0. The highest BCUT2D eigenvalue weighted by molar-refractivity contribution is 5.85. The first kappa shape index (κ1) is 16.0. The van der Waals surface area contributed by atoms with Crippen LogP contribution in [0.1, 0.15) is 24.5 Å². The number of β-amino-alcohol motifs (C(OH)–C–C–N with tert-alkyl or cyclic N) is 1. The topological polar surface area (TPSA) is 61.4 Å². The summed E-state index contributed by atoms with van der Waals surface area (Å²) in [4.78, 5) is 11.9. The van der Waals surface area contributed by atoms with Crippen LogP contribution in [0.4, 0.5) is 0 Å². The van der Waals surface area contributed by atoms with Crippen molar-refractivity contribution in [3.63, 3.8) is 0 Å². The Morgan fingerprint density at radius 3 is 2.68 bits per heavy atom. The molecule has 1 heterocycles. The number of nitrogens with one attached hydrogen (secondary N) is 2. The van der Waals surface area contributed by atoms with E-state index in [0.717, 1.165) is 12.0 Å². The molecule has 0 radical (unpaired) electrons. The predicted octanol–water partition coefficient (Wildman–Crippen LogP) is 1.01. The molecule has 1 amide bonds. The van der Waals surface area contributed by atoms with Gasteiger partial charge in [0.1, 0.15) is 0 Å². The van der Waals surface area contributed by atoms with Gasteiger partial charge in [-0.25, -0.2) is 0 Å². The minimum atomic E-state index is -0.399. The quantitative estimate of drug-likeness (QED) is 0.773. The van der Waals surface area contributed by atoms with Crippen LogP contribution >= 0.6 is 12.4 Å². The molecule has 5 heteroatoms. The van der Waals surface area contributed by atoms with E-state index in [2.05, 4.69) is 23.6 Å². The molecule has 2 unspecified atom stereocenters. The van der Waals surface area contributed by atoms with Gasteiger partial charge in [-0.05, 0) is 24.0 Å². The van der Waals surface area contributed by atoms with Crippen LogP contribution in [-0.2, 0) is 17.8 Å². The molecular formula is C14H21ClN2O2. The summed E-state index contributed by atoms with van der Waals surface area (Å²) in [5, 5.41) is 15.3. The summed E-state index contributed by atoms with van der Waals surface area (Å²) in [6.45, 7) is 3.16. The first-order valence-electron chi connectivity index (χ1n) is 6.46. The molecule has 0 bridgehead atoms. The fourth-order valence-corrected chi connectivity index (χ4v) is 2.30. The van der Waals surface area contributed by atoms with Gasteiger partial charge in [-0.2, -0.15) is 0 Å². The van der Waals surface area contributed by atoms with E-state index in [1.165, 1.54) is 5.56 Å². The Labute approximate surface area is 120 Å². The molecule has 0 aliphatic carbocycles. The third-order valence-electron chi connectivity index (χ3n) is 3.38. The monoisotopic (exact) mass is 284 g/mol. The van der Waals surface area contributed by atoms with E-state index in [1.54, 1.807) is 0 Å². The molecule has 3 N–H and O–H groups in total. The highest BCUT2D eigenvalue weighted by atomic mass is 35.5. The van der Waals surface area contributed by atoms with Crippen molar-refractivity contribution >= 4 is 18.3 Å². The lowest BCUT2D eigenvalue weighted by atomic mass is 10.1. The maximum absolute atomic E-state index is 11.9. The van der Waals surface area contributed by atoms with Crippen LogP contribution in [-0.4, -0.2) is 29.7 Å². The fraction of sp³-hybridized carbons (Fsp3) is 0.500. The number of rotatable bonds is 4. The second-order valence-corrected chi connectivity index (χ2v) is 4.69. The van der Waals surface area contributed by atoms with Crippen LogP contribution in [0.15, 0.2) is 24.3 Å². The summed E-state index contributed by atoms with van der Waals surface area (Å²) in [5.74, 6) is -0.0301. The zero-order valence-electron chi connectivity index (χ0n) is 11.1. The molecule has 1 aliphatic heterocycles. The average Bonchev–Trinajstić information content (AvgIpc) is 2.83. The zero-order chi connectivity index (χ0) is 13.0. The van der Waals surface area contributed by atoms with Gasteiger partial charge in [0, 0.05) is 13.1 Å². The Morgan fingerprint density at radius 2 is 2.11 bits per heavy atom. The molecule has 19 heavy (non-hydrogen) atoms. The Morgan fingerprint density at radius 1 is 1.42 bits per heavy atom. The van der Waals surface area contributed by atoms with Crippen molar-refractivity contribution in [1.29, 1.82) is 0 Å². The minimum Gasteiger partial charge on any atom is -0.392 e. The van der Waals surface area contributed by atoms with E-state index in [0.29, 0.717) is 19.5 Å². The molecule has 1 aliphatic rings. The number of aryl methyl sites for hydroxylation is 1. The van der Waals surface area contributed by atoms with E-state index in [1.807, 2.05) is 18.2 Å². The summed E-state index contributed by atoms with van der Waals surface area (Å²) in [7, 11) is 0. The van der Waals surface area contributed by atoms with Gasteiger partial charge >= 0.3 is 0 Å². The van der Waals surface area contributed by atoms with Crippen molar-refractivity contribution in [1.82, 2.24) is 10.6 Å². The average molecular weight is 285 g/mol. The number of aliphatic hydroxyl groups is 1. The number of hydrogen-bond donors (Lipinski definition) is 3. The Bertz CT molecular complexity index is 426. The molecule has 2 atom stereocenters. The second-order valence-electron chi connectivity index (χ2n) is 4.69. The zero-order valence-corrected chi connectivity index (χ0v) is 11.9. The van der Waals surface area contributed by atoms with Crippen molar-refractivity contribution in [2.75, 3.05) is 6.54 Å². The summed E-state index contributed by atoms with van der Waals surface area (Å²) < 4.78 is 0. The minimum absolute atomic E-state index is 0. The first-order valence-corrected chi connectivity index (χ1v) is 6.46. The van der Waals surface area contributed by atoms with Crippen molar-refractivity contribution in [3.8, 4) is 0 Å². The third-order valence-corrected chi connectivity index (χ3v) is 3.38. The maximum atomic E-state index is 11.9. The van der Waals surface area contributed by atoms with Crippen molar-refractivity contribution in [2.45, 2.75) is 38.5 Å². The van der Waals surface area contributed by atoms with E-state index < -0.39 is 6.10 Å². The summed E-state index contributed by atoms with van der Waals surface area (Å²) in [6.07, 6.45) is 1.07. The molecule has 4 nitrogen and oxygen atoms in total. The molecular weight excluding hydrogens is 264 g/mol. The van der Waals surface area contributed by atoms with Crippen LogP contribution in [0, 0.1) is 0 Å². The molecule has 0 spiro atoms. The van der Waals surface area contributed by atoms with Crippen molar-refractivity contribution < 1.29 is 9.90 Å². The van der Waals surface area contributed by atoms with Crippen LogP contribution in [0.2, 0.25) is 0 Å². The van der Waals surface area contributed by atoms with Crippen LogP contribution in [0.5, 0.6) is 0 Å². The number of hydrogen-bond acceptors (Lipinski definition) is 3. The molecule has 1 aromatic carbocycles. The number of carbonyl (C=O) groups excluding carboxylic acids is 1.